The third-order valence-electron chi connectivity index (χ3n) is 5.27. The van der Waals surface area contributed by atoms with Crippen LogP contribution in [0.25, 0.3) is 5.82 Å². The predicted molar refractivity (Wildman–Crippen MR) is 111 cm³/mol. The fraction of sp³-hybridized carbons (Fsp3) is 0.350. The second kappa shape index (κ2) is 7.57. The van der Waals surface area contributed by atoms with E-state index in [1.807, 2.05) is 51.2 Å². The summed E-state index contributed by atoms with van der Waals surface area (Å²) >= 11 is 0. The minimum atomic E-state index is -3.49. The molecule has 8 nitrogen and oxygen atoms in total. The lowest BCUT2D eigenvalue weighted by Gasteiger charge is -2.34. The van der Waals surface area contributed by atoms with E-state index in [0.717, 1.165) is 22.6 Å². The van der Waals surface area contributed by atoms with Gasteiger partial charge in [-0.15, -0.1) is 10.2 Å². The van der Waals surface area contributed by atoms with Crippen molar-refractivity contribution < 1.29 is 8.42 Å². The van der Waals surface area contributed by atoms with Gasteiger partial charge in [0.25, 0.3) is 0 Å². The predicted octanol–water partition coefficient (Wildman–Crippen LogP) is 2.10. The SMILES string of the molecule is Cc1ccn(-c2ccc(N3CCN(S(=O)(=O)c4ccc(C)c(C)c4)CC3)nn2)n1. The molecule has 0 radical (unpaired) electrons. The van der Waals surface area contributed by atoms with E-state index >= 15 is 0 Å². The molecular formula is C20H24N6O2S. The van der Waals surface area contributed by atoms with E-state index in [4.69, 9.17) is 0 Å². The van der Waals surface area contributed by atoms with Crippen LogP contribution >= 0.6 is 0 Å². The number of benzene rings is 1. The smallest absolute Gasteiger partial charge is 0.243 e. The Bertz CT molecular complexity index is 1120. The molecule has 0 amide bonds. The number of piperazine rings is 1. The summed E-state index contributed by atoms with van der Waals surface area (Å²) in [6, 6.07) is 11.0. The Balaban J connectivity index is 1.44. The van der Waals surface area contributed by atoms with E-state index in [2.05, 4.69) is 20.2 Å². The van der Waals surface area contributed by atoms with Gasteiger partial charge in [0.2, 0.25) is 10.0 Å². The molecule has 2 aromatic heterocycles. The zero-order chi connectivity index (χ0) is 20.6. The molecule has 3 heterocycles. The van der Waals surface area contributed by atoms with Crippen LogP contribution in [0.15, 0.2) is 47.5 Å². The Morgan fingerprint density at radius 2 is 1.52 bits per heavy atom. The van der Waals surface area contributed by atoms with Crippen molar-refractivity contribution in [2.45, 2.75) is 25.7 Å². The fourth-order valence-corrected chi connectivity index (χ4v) is 4.84. The number of aryl methyl sites for hydroxylation is 3. The van der Waals surface area contributed by atoms with Crippen molar-refractivity contribution in [3.05, 3.63) is 59.4 Å². The van der Waals surface area contributed by atoms with Crippen LogP contribution in [0.4, 0.5) is 5.82 Å². The molecule has 152 valence electrons. The number of aromatic nitrogens is 4. The number of nitrogens with zero attached hydrogens (tertiary/aromatic N) is 6. The molecule has 1 saturated heterocycles. The molecule has 0 N–H and O–H groups in total. The van der Waals surface area contributed by atoms with E-state index in [9.17, 15) is 8.42 Å². The van der Waals surface area contributed by atoms with Crippen LogP contribution in [0.3, 0.4) is 0 Å². The third-order valence-corrected chi connectivity index (χ3v) is 7.17. The first-order valence-corrected chi connectivity index (χ1v) is 11.0. The zero-order valence-corrected chi connectivity index (χ0v) is 17.6. The summed E-state index contributed by atoms with van der Waals surface area (Å²) in [5.41, 5.74) is 2.98. The first-order valence-electron chi connectivity index (χ1n) is 9.53. The molecule has 29 heavy (non-hydrogen) atoms. The second-order valence-corrected chi connectivity index (χ2v) is 9.23. The summed E-state index contributed by atoms with van der Waals surface area (Å²) in [5.74, 6) is 1.39. The standard InChI is InChI=1S/C20H24N6O2S/c1-15-4-5-18(14-16(15)2)29(27,28)25-12-10-24(11-13-25)19-6-7-20(22-21-19)26-9-8-17(3)23-26/h4-9,14H,10-13H2,1-3H3. The van der Waals surface area contributed by atoms with E-state index in [-0.39, 0.29) is 0 Å². The molecule has 0 spiro atoms. The largest absolute Gasteiger partial charge is 0.352 e. The Kier molecular flexibility index (Phi) is 5.10. The van der Waals surface area contributed by atoms with E-state index in [1.54, 1.807) is 21.1 Å². The molecule has 1 aliphatic rings. The molecule has 0 aliphatic carbocycles. The topological polar surface area (TPSA) is 84.2 Å². The lowest BCUT2D eigenvalue weighted by molar-refractivity contribution is 0.383. The number of anilines is 1. The van der Waals surface area contributed by atoms with Gasteiger partial charge >= 0.3 is 0 Å². The van der Waals surface area contributed by atoms with Gasteiger partial charge < -0.3 is 4.90 Å². The monoisotopic (exact) mass is 412 g/mol. The highest BCUT2D eigenvalue weighted by molar-refractivity contribution is 7.89. The number of sulfonamides is 1. The van der Waals surface area contributed by atoms with Crippen LogP contribution < -0.4 is 4.90 Å². The van der Waals surface area contributed by atoms with Crippen LogP contribution in [0.1, 0.15) is 16.8 Å². The highest BCUT2D eigenvalue weighted by Gasteiger charge is 2.29. The van der Waals surface area contributed by atoms with Crippen molar-refractivity contribution in [1.82, 2.24) is 24.3 Å². The molecule has 3 aromatic rings. The Morgan fingerprint density at radius 3 is 2.10 bits per heavy atom. The van der Waals surface area contributed by atoms with E-state index < -0.39 is 10.0 Å². The minimum absolute atomic E-state index is 0.354. The van der Waals surface area contributed by atoms with Gasteiger partial charge in [-0.3, -0.25) is 0 Å². The molecule has 0 atom stereocenters. The molecule has 1 aliphatic heterocycles. The van der Waals surface area contributed by atoms with Gasteiger partial charge in [-0.25, -0.2) is 13.1 Å². The lowest BCUT2D eigenvalue weighted by Crippen LogP contribution is -2.49. The first-order chi connectivity index (χ1) is 13.8. The summed E-state index contributed by atoms with van der Waals surface area (Å²) < 4.78 is 29.2. The Morgan fingerprint density at radius 1 is 0.828 bits per heavy atom. The molecule has 0 saturated carbocycles. The highest BCUT2D eigenvalue weighted by atomic mass is 32.2. The molecule has 4 rings (SSSR count). The maximum Gasteiger partial charge on any atom is 0.243 e. The quantitative estimate of drug-likeness (QED) is 0.653. The molecule has 9 heteroatoms. The number of hydrogen-bond donors (Lipinski definition) is 0. The maximum absolute atomic E-state index is 13.0. The molecular weight excluding hydrogens is 388 g/mol. The summed E-state index contributed by atoms with van der Waals surface area (Å²) in [7, 11) is -3.49. The van der Waals surface area contributed by atoms with Gasteiger partial charge in [0, 0.05) is 32.4 Å². The zero-order valence-electron chi connectivity index (χ0n) is 16.8. The van der Waals surface area contributed by atoms with Crippen molar-refractivity contribution in [2.24, 2.45) is 0 Å². The van der Waals surface area contributed by atoms with Crippen LogP contribution in [0, 0.1) is 20.8 Å². The molecule has 0 unspecified atom stereocenters. The average Bonchev–Trinajstić information content (AvgIpc) is 3.16. The van der Waals surface area contributed by atoms with Gasteiger partial charge in [-0.1, -0.05) is 6.07 Å². The van der Waals surface area contributed by atoms with Gasteiger partial charge in [0.05, 0.1) is 10.6 Å². The molecule has 1 aromatic carbocycles. The summed E-state index contributed by atoms with van der Waals surface area (Å²) in [6.45, 7) is 7.79. The van der Waals surface area contributed by atoms with Crippen molar-refractivity contribution in [1.29, 1.82) is 0 Å². The van der Waals surface area contributed by atoms with Crippen LogP contribution in [0.5, 0.6) is 0 Å². The van der Waals surface area contributed by atoms with Crippen LogP contribution in [-0.4, -0.2) is 58.9 Å². The van der Waals surface area contributed by atoms with Crippen molar-refractivity contribution >= 4 is 15.8 Å². The third kappa shape index (κ3) is 3.88. The first kappa shape index (κ1) is 19.5. The van der Waals surface area contributed by atoms with Gasteiger partial charge in [-0.05, 0) is 62.2 Å². The van der Waals surface area contributed by atoms with Crippen molar-refractivity contribution in [3.63, 3.8) is 0 Å². The minimum Gasteiger partial charge on any atom is -0.352 e. The van der Waals surface area contributed by atoms with Crippen molar-refractivity contribution in [3.8, 4) is 5.82 Å². The van der Waals surface area contributed by atoms with Crippen LogP contribution in [-0.2, 0) is 10.0 Å². The second-order valence-electron chi connectivity index (χ2n) is 7.29. The average molecular weight is 413 g/mol. The summed E-state index contributed by atoms with van der Waals surface area (Å²) in [4.78, 5) is 2.41. The molecule has 0 bridgehead atoms. The Labute approximate surface area is 170 Å². The van der Waals surface area contributed by atoms with Crippen LogP contribution in [0.2, 0.25) is 0 Å². The Hall–Kier alpha value is -2.78. The van der Waals surface area contributed by atoms with Gasteiger partial charge in [0.1, 0.15) is 0 Å². The summed E-state index contributed by atoms with van der Waals surface area (Å²) in [6.07, 6.45) is 1.84. The maximum atomic E-state index is 13.0. The highest BCUT2D eigenvalue weighted by Crippen LogP contribution is 2.22. The summed E-state index contributed by atoms with van der Waals surface area (Å²) in [5, 5.41) is 12.9. The fourth-order valence-electron chi connectivity index (χ4n) is 3.33. The van der Waals surface area contributed by atoms with Gasteiger partial charge in [0.15, 0.2) is 11.6 Å². The van der Waals surface area contributed by atoms with E-state index in [0.29, 0.717) is 36.9 Å². The number of hydrogen-bond acceptors (Lipinski definition) is 6. The number of rotatable bonds is 4. The molecule has 1 fully saturated rings. The van der Waals surface area contributed by atoms with Crippen molar-refractivity contribution in [2.75, 3.05) is 31.1 Å². The normalized spacial score (nSPS) is 15.6. The van der Waals surface area contributed by atoms with E-state index in [1.165, 1.54) is 0 Å². The van der Waals surface area contributed by atoms with Gasteiger partial charge in [-0.2, -0.15) is 9.40 Å². The lowest BCUT2D eigenvalue weighted by atomic mass is 10.1.